The minimum atomic E-state index is -0.570. The lowest BCUT2D eigenvalue weighted by atomic mass is 10.1. The number of nitrogens with zero attached hydrogens (tertiary/aromatic N) is 1. The molecule has 1 aromatic carbocycles. The Morgan fingerprint density at radius 2 is 1.83 bits per heavy atom. The Bertz CT molecular complexity index is 893. The standard InChI is InChI=1S/C12H9N3O3/c1-5-3-2-4-6-7(5)10(16)8-9(13-6)12(18)15-14-11(8)17/h2-4H,1H3,(H,13,16)(H,14,17)(H,15,18). The molecule has 3 N–H and O–H groups in total. The summed E-state index contributed by atoms with van der Waals surface area (Å²) in [5, 5.41) is 14.9. The molecule has 0 aliphatic rings. The molecule has 0 saturated carbocycles. The van der Waals surface area contributed by atoms with Crippen LogP contribution in [0, 0.1) is 6.92 Å². The van der Waals surface area contributed by atoms with E-state index in [1.165, 1.54) is 0 Å². The molecule has 6 heteroatoms. The average molecular weight is 243 g/mol. The van der Waals surface area contributed by atoms with Gasteiger partial charge in [0.15, 0.2) is 0 Å². The lowest BCUT2D eigenvalue weighted by molar-refractivity contribution is 0.486. The third kappa shape index (κ3) is 1.26. The zero-order valence-electron chi connectivity index (χ0n) is 9.44. The molecule has 90 valence electrons. The Balaban J connectivity index is 2.75. The summed E-state index contributed by atoms with van der Waals surface area (Å²) in [4.78, 5) is 27.4. The summed E-state index contributed by atoms with van der Waals surface area (Å²) in [5.41, 5.74) is 0.104. The first kappa shape index (κ1) is 10.5. The molecule has 18 heavy (non-hydrogen) atoms. The first-order chi connectivity index (χ1) is 8.59. The van der Waals surface area contributed by atoms with E-state index < -0.39 is 11.1 Å². The molecule has 0 aliphatic carbocycles. The van der Waals surface area contributed by atoms with Crippen molar-refractivity contribution < 1.29 is 5.11 Å². The van der Waals surface area contributed by atoms with Crippen LogP contribution in [0.2, 0.25) is 0 Å². The van der Waals surface area contributed by atoms with Crippen molar-refractivity contribution in [2.24, 2.45) is 0 Å². The highest BCUT2D eigenvalue weighted by molar-refractivity contribution is 6.01. The van der Waals surface area contributed by atoms with Crippen molar-refractivity contribution in [3.05, 3.63) is 44.5 Å². The number of H-pyrrole nitrogens is 2. The lowest BCUT2D eigenvalue weighted by Gasteiger charge is -2.06. The average Bonchev–Trinajstić information content (AvgIpc) is 2.34. The van der Waals surface area contributed by atoms with E-state index in [2.05, 4.69) is 15.2 Å². The number of pyridine rings is 1. The van der Waals surface area contributed by atoms with Crippen molar-refractivity contribution in [1.29, 1.82) is 0 Å². The summed E-state index contributed by atoms with van der Waals surface area (Å²) >= 11 is 0. The fourth-order valence-corrected chi connectivity index (χ4v) is 2.08. The molecule has 3 aromatic rings. The van der Waals surface area contributed by atoms with Gasteiger partial charge in [0.2, 0.25) is 0 Å². The van der Waals surface area contributed by atoms with E-state index in [1.54, 1.807) is 25.1 Å². The number of benzene rings is 1. The predicted molar refractivity (Wildman–Crippen MR) is 66.9 cm³/mol. The fourth-order valence-electron chi connectivity index (χ4n) is 2.08. The number of aromatic amines is 2. The zero-order valence-corrected chi connectivity index (χ0v) is 9.44. The summed E-state index contributed by atoms with van der Waals surface area (Å²) < 4.78 is 0. The SMILES string of the molecule is Cc1cccc2nc3c(=O)[nH][nH]c(=O)c3c(O)c12. The summed E-state index contributed by atoms with van der Waals surface area (Å²) in [6, 6.07) is 5.26. The highest BCUT2D eigenvalue weighted by atomic mass is 16.3. The molecule has 3 rings (SSSR count). The Morgan fingerprint density at radius 3 is 2.61 bits per heavy atom. The van der Waals surface area contributed by atoms with E-state index in [4.69, 9.17) is 0 Å². The summed E-state index contributed by atoms with van der Waals surface area (Å²) in [6.45, 7) is 1.80. The molecule has 0 spiro atoms. The molecule has 0 unspecified atom stereocenters. The zero-order chi connectivity index (χ0) is 12.9. The molecule has 0 aliphatic heterocycles. The minimum absolute atomic E-state index is 0.0608. The van der Waals surface area contributed by atoms with Crippen molar-refractivity contribution in [2.75, 3.05) is 0 Å². The molecule has 2 heterocycles. The number of aromatic nitrogens is 3. The number of fused-ring (bicyclic) bond motifs is 2. The lowest BCUT2D eigenvalue weighted by Crippen LogP contribution is -2.20. The van der Waals surface area contributed by atoms with Crippen molar-refractivity contribution >= 4 is 21.8 Å². The number of rotatable bonds is 0. The van der Waals surface area contributed by atoms with Gasteiger partial charge in [-0.05, 0) is 18.6 Å². The molecule has 2 aromatic heterocycles. The number of hydrogen-bond acceptors (Lipinski definition) is 4. The first-order valence-electron chi connectivity index (χ1n) is 5.32. The predicted octanol–water partition coefficient (Wildman–Crippen LogP) is 0.779. The van der Waals surface area contributed by atoms with Crippen molar-refractivity contribution in [2.45, 2.75) is 6.92 Å². The van der Waals surface area contributed by atoms with Crippen LogP contribution in [0.5, 0.6) is 5.75 Å². The van der Waals surface area contributed by atoms with Crippen molar-refractivity contribution in [1.82, 2.24) is 15.2 Å². The van der Waals surface area contributed by atoms with Crippen LogP contribution in [0.25, 0.3) is 21.8 Å². The number of hydrogen-bond donors (Lipinski definition) is 3. The van der Waals surface area contributed by atoms with Crippen molar-refractivity contribution in [3.63, 3.8) is 0 Å². The normalized spacial score (nSPS) is 11.2. The Kier molecular flexibility index (Phi) is 2.00. The second-order valence-corrected chi connectivity index (χ2v) is 4.06. The Morgan fingerprint density at radius 1 is 1.11 bits per heavy atom. The third-order valence-electron chi connectivity index (χ3n) is 2.93. The molecule has 6 nitrogen and oxygen atoms in total. The van der Waals surface area contributed by atoms with Crippen LogP contribution in [-0.4, -0.2) is 20.3 Å². The van der Waals surface area contributed by atoms with Gasteiger partial charge in [-0.1, -0.05) is 12.1 Å². The van der Waals surface area contributed by atoms with Crippen LogP contribution in [0.1, 0.15) is 5.56 Å². The van der Waals surface area contributed by atoms with E-state index in [0.29, 0.717) is 10.9 Å². The second kappa shape index (κ2) is 3.43. The van der Waals surface area contributed by atoms with E-state index in [0.717, 1.165) is 5.56 Å². The molecule has 0 radical (unpaired) electrons. The van der Waals surface area contributed by atoms with E-state index >= 15 is 0 Å². The van der Waals surface area contributed by atoms with Gasteiger partial charge in [-0.3, -0.25) is 19.8 Å². The topological polar surface area (TPSA) is 98.8 Å². The largest absolute Gasteiger partial charge is 0.506 e. The molecule has 0 bridgehead atoms. The minimum Gasteiger partial charge on any atom is -0.506 e. The summed E-state index contributed by atoms with van der Waals surface area (Å²) in [7, 11) is 0. The smallest absolute Gasteiger partial charge is 0.289 e. The highest BCUT2D eigenvalue weighted by Gasteiger charge is 2.14. The van der Waals surface area contributed by atoms with Gasteiger partial charge in [-0.2, -0.15) is 0 Å². The second-order valence-electron chi connectivity index (χ2n) is 4.06. The van der Waals surface area contributed by atoms with E-state index in [1.807, 2.05) is 0 Å². The number of nitrogens with one attached hydrogen (secondary N) is 2. The number of aryl methyl sites for hydroxylation is 1. The van der Waals surface area contributed by atoms with Crippen LogP contribution in [-0.2, 0) is 0 Å². The third-order valence-corrected chi connectivity index (χ3v) is 2.93. The van der Waals surface area contributed by atoms with Gasteiger partial charge >= 0.3 is 0 Å². The Labute approximate surface area is 99.9 Å². The molecular formula is C12H9N3O3. The van der Waals surface area contributed by atoms with Crippen LogP contribution >= 0.6 is 0 Å². The van der Waals surface area contributed by atoms with Gasteiger partial charge in [0.05, 0.1) is 5.52 Å². The summed E-state index contributed by atoms with van der Waals surface area (Å²) in [5.74, 6) is -0.208. The van der Waals surface area contributed by atoms with E-state index in [9.17, 15) is 14.7 Å². The van der Waals surface area contributed by atoms with Gasteiger partial charge in [0.25, 0.3) is 11.1 Å². The summed E-state index contributed by atoms with van der Waals surface area (Å²) in [6.07, 6.45) is 0. The quantitative estimate of drug-likeness (QED) is 0.508. The van der Waals surface area contributed by atoms with Gasteiger partial charge in [-0.15, -0.1) is 0 Å². The monoisotopic (exact) mass is 243 g/mol. The van der Waals surface area contributed by atoms with Gasteiger partial charge in [-0.25, -0.2) is 4.98 Å². The fraction of sp³-hybridized carbons (Fsp3) is 0.0833. The van der Waals surface area contributed by atoms with Gasteiger partial charge < -0.3 is 5.11 Å². The maximum Gasteiger partial charge on any atom is 0.289 e. The molecule has 0 amide bonds. The van der Waals surface area contributed by atoms with Crippen LogP contribution in [0.15, 0.2) is 27.8 Å². The van der Waals surface area contributed by atoms with Crippen molar-refractivity contribution in [3.8, 4) is 5.75 Å². The van der Waals surface area contributed by atoms with Gasteiger partial charge in [0, 0.05) is 5.39 Å². The van der Waals surface area contributed by atoms with Crippen LogP contribution in [0.3, 0.4) is 0 Å². The highest BCUT2D eigenvalue weighted by Crippen LogP contribution is 2.30. The number of aromatic hydroxyl groups is 1. The molecular weight excluding hydrogens is 234 g/mol. The van der Waals surface area contributed by atoms with Gasteiger partial charge in [0.1, 0.15) is 16.7 Å². The Hall–Kier alpha value is -2.63. The van der Waals surface area contributed by atoms with Crippen LogP contribution < -0.4 is 11.1 Å². The first-order valence-corrected chi connectivity index (χ1v) is 5.32. The molecule has 0 atom stereocenters. The molecule has 0 fully saturated rings. The molecule has 0 saturated heterocycles. The van der Waals surface area contributed by atoms with E-state index in [-0.39, 0.29) is 16.7 Å². The maximum atomic E-state index is 11.7. The van der Waals surface area contributed by atoms with Crippen LogP contribution in [0.4, 0.5) is 0 Å². The maximum absolute atomic E-state index is 11.7.